The van der Waals surface area contributed by atoms with Gasteiger partial charge < -0.3 is 4.90 Å². The fraction of sp³-hybridized carbons (Fsp3) is 0.571. The van der Waals surface area contributed by atoms with Crippen LogP contribution in [0.25, 0.3) is 10.2 Å². The summed E-state index contributed by atoms with van der Waals surface area (Å²) in [5, 5.41) is 0. The number of benzene rings is 1. The molecule has 0 bridgehead atoms. The zero-order valence-electron chi connectivity index (χ0n) is 17.8. The van der Waals surface area contributed by atoms with Gasteiger partial charge >= 0.3 is 0 Å². The molecule has 1 aromatic carbocycles. The number of hydrogen-bond donors (Lipinski definition) is 0. The Kier molecular flexibility index (Phi) is 8.74. The molecule has 2 amide bonds. The Labute approximate surface area is 192 Å². The van der Waals surface area contributed by atoms with Crippen LogP contribution in [-0.2, 0) is 19.6 Å². The van der Waals surface area contributed by atoms with Crippen molar-refractivity contribution >= 4 is 55.2 Å². The molecule has 31 heavy (non-hydrogen) atoms. The second-order valence-corrected chi connectivity index (χ2v) is 11.9. The Morgan fingerprint density at radius 2 is 2.10 bits per heavy atom. The van der Waals surface area contributed by atoms with Crippen molar-refractivity contribution < 1.29 is 18.0 Å². The van der Waals surface area contributed by atoms with E-state index < -0.39 is 10.0 Å². The fourth-order valence-electron chi connectivity index (χ4n) is 3.55. The molecule has 2 heterocycles. The van der Waals surface area contributed by atoms with E-state index in [2.05, 4.69) is 4.98 Å². The number of para-hydroxylation sites is 1. The first-order valence-corrected chi connectivity index (χ1v) is 14.1. The van der Waals surface area contributed by atoms with Crippen LogP contribution in [0.5, 0.6) is 0 Å². The smallest absolute Gasteiger partial charge is 0.237 e. The van der Waals surface area contributed by atoms with Crippen LogP contribution in [0.4, 0.5) is 0 Å². The van der Waals surface area contributed by atoms with Crippen molar-refractivity contribution in [3.63, 3.8) is 0 Å². The molecule has 7 nitrogen and oxygen atoms in total. The zero-order valence-corrected chi connectivity index (χ0v) is 20.2. The molecular formula is C21H29N3O4S3. The summed E-state index contributed by atoms with van der Waals surface area (Å²) in [6.07, 6.45) is 3.11. The van der Waals surface area contributed by atoms with Crippen molar-refractivity contribution in [3.8, 4) is 0 Å². The summed E-state index contributed by atoms with van der Waals surface area (Å²) in [7, 11) is -3.62. The molecule has 10 heteroatoms. The van der Waals surface area contributed by atoms with E-state index in [1.54, 1.807) is 34.9 Å². The minimum Gasteiger partial charge on any atom is -0.343 e. The van der Waals surface area contributed by atoms with Crippen LogP contribution < -0.4 is 0 Å². The minimum atomic E-state index is -3.62. The van der Waals surface area contributed by atoms with E-state index in [0.29, 0.717) is 38.0 Å². The number of thiazole rings is 1. The number of carbonyl (C=O) groups excluding carboxylic acids is 2. The predicted octanol–water partition coefficient (Wildman–Crippen LogP) is 3.75. The van der Waals surface area contributed by atoms with E-state index >= 15 is 0 Å². The van der Waals surface area contributed by atoms with Gasteiger partial charge in [0.05, 0.1) is 16.0 Å². The van der Waals surface area contributed by atoms with Gasteiger partial charge in [-0.1, -0.05) is 30.8 Å². The summed E-state index contributed by atoms with van der Waals surface area (Å²) < 4.78 is 28.4. The minimum absolute atomic E-state index is 0.0398. The molecule has 170 valence electrons. The van der Waals surface area contributed by atoms with Gasteiger partial charge in [0.2, 0.25) is 21.8 Å². The molecule has 0 radical (unpaired) electrons. The maximum Gasteiger partial charge on any atom is 0.237 e. The Hall–Kier alpha value is -1.65. The Morgan fingerprint density at radius 3 is 2.81 bits per heavy atom. The summed E-state index contributed by atoms with van der Waals surface area (Å²) in [5.41, 5.74) is 0.972. The van der Waals surface area contributed by atoms with Crippen molar-refractivity contribution in [3.05, 3.63) is 24.3 Å². The third-order valence-electron chi connectivity index (χ3n) is 5.07. The van der Waals surface area contributed by atoms with E-state index in [4.69, 9.17) is 0 Å². The average molecular weight is 484 g/mol. The van der Waals surface area contributed by atoms with Crippen molar-refractivity contribution in [1.82, 2.24) is 14.2 Å². The van der Waals surface area contributed by atoms with Crippen molar-refractivity contribution in [1.29, 1.82) is 0 Å². The summed E-state index contributed by atoms with van der Waals surface area (Å²) in [4.78, 5) is 30.8. The average Bonchev–Trinajstić information content (AvgIpc) is 3.33. The highest BCUT2D eigenvalue weighted by Gasteiger charge is 2.27. The van der Waals surface area contributed by atoms with Crippen LogP contribution in [0.2, 0.25) is 0 Å². The second-order valence-electron chi connectivity index (χ2n) is 7.52. The Bertz CT molecular complexity index is 973. The molecular weight excluding hydrogens is 454 g/mol. The lowest BCUT2D eigenvalue weighted by atomic mass is 10.3. The summed E-state index contributed by atoms with van der Waals surface area (Å²) >= 11 is 3.22. The molecule has 0 atom stereocenters. The van der Waals surface area contributed by atoms with E-state index in [1.807, 2.05) is 24.3 Å². The monoisotopic (exact) mass is 483 g/mol. The lowest BCUT2D eigenvalue weighted by Gasteiger charge is -2.24. The molecule has 1 fully saturated rings. The van der Waals surface area contributed by atoms with Gasteiger partial charge in [0, 0.05) is 38.2 Å². The highest BCUT2D eigenvalue weighted by atomic mass is 32.2. The van der Waals surface area contributed by atoms with Gasteiger partial charge in [-0.05, 0) is 37.8 Å². The van der Waals surface area contributed by atoms with Crippen molar-refractivity contribution in [2.75, 3.05) is 31.1 Å². The quantitative estimate of drug-likeness (QED) is 0.337. The van der Waals surface area contributed by atoms with Gasteiger partial charge in [0.25, 0.3) is 0 Å². The number of sulfonamides is 1. The predicted molar refractivity (Wildman–Crippen MR) is 126 cm³/mol. The van der Waals surface area contributed by atoms with Crippen LogP contribution >= 0.6 is 23.1 Å². The number of aromatic nitrogens is 1. The molecule has 3 rings (SSSR count). The van der Waals surface area contributed by atoms with Crippen LogP contribution in [-0.4, -0.2) is 65.6 Å². The van der Waals surface area contributed by atoms with E-state index in [1.165, 1.54) is 0 Å². The Balaban J connectivity index is 1.50. The summed E-state index contributed by atoms with van der Waals surface area (Å²) in [6, 6.07) is 7.96. The zero-order chi connectivity index (χ0) is 22.3. The van der Waals surface area contributed by atoms with Crippen LogP contribution in [0, 0.1) is 0 Å². The van der Waals surface area contributed by atoms with Crippen molar-refractivity contribution in [2.24, 2.45) is 0 Å². The molecule has 0 spiro atoms. The lowest BCUT2D eigenvalue weighted by molar-refractivity contribution is -0.127. The highest BCUT2D eigenvalue weighted by molar-refractivity contribution is 8.01. The van der Waals surface area contributed by atoms with Gasteiger partial charge in [-0.2, -0.15) is 0 Å². The van der Waals surface area contributed by atoms with Gasteiger partial charge in [-0.3, -0.25) is 9.59 Å². The normalized spacial score (nSPS) is 14.5. The number of hydrogen-bond acceptors (Lipinski definition) is 7. The van der Waals surface area contributed by atoms with Crippen LogP contribution in [0.15, 0.2) is 28.6 Å². The first kappa shape index (κ1) is 24.0. The van der Waals surface area contributed by atoms with Crippen LogP contribution in [0.1, 0.15) is 45.4 Å². The molecule has 2 aromatic rings. The van der Waals surface area contributed by atoms with E-state index in [-0.39, 0.29) is 30.5 Å². The number of amides is 2. The molecule has 0 N–H and O–H groups in total. The standard InChI is InChI=1S/C21H29N3O4S3/c1-2-16-31(27,28)24(14-7-13-23-12-5-10-19(23)25)20(26)11-6-15-29-21-22-17-8-3-4-9-18(17)30-21/h3-4,8-9H,2,5-7,10-16H2,1H3. The third kappa shape index (κ3) is 6.66. The molecule has 0 unspecified atom stereocenters. The number of likely N-dealkylation sites (tertiary alicyclic amines) is 1. The van der Waals surface area contributed by atoms with Gasteiger partial charge in [0.1, 0.15) is 0 Å². The summed E-state index contributed by atoms with van der Waals surface area (Å²) in [6.45, 7) is 3.14. The van der Waals surface area contributed by atoms with E-state index in [9.17, 15) is 18.0 Å². The van der Waals surface area contributed by atoms with Gasteiger partial charge in [-0.15, -0.1) is 11.3 Å². The first-order valence-electron chi connectivity index (χ1n) is 10.7. The number of carbonyl (C=O) groups is 2. The topological polar surface area (TPSA) is 87.7 Å². The molecule has 1 aliphatic heterocycles. The first-order chi connectivity index (χ1) is 14.9. The maximum atomic E-state index is 12.8. The Morgan fingerprint density at radius 1 is 1.29 bits per heavy atom. The largest absolute Gasteiger partial charge is 0.343 e. The van der Waals surface area contributed by atoms with E-state index in [0.717, 1.165) is 31.8 Å². The highest BCUT2D eigenvalue weighted by Crippen LogP contribution is 2.29. The fourth-order valence-corrected chi connectivity index (χ4v) is 7.18. The second kappa shape index (κ2) is 11.3. The number of fused-ring (bicyclic) bond motifs is 1. The molecule has 0 saturated carbocycles. The SMILES string of the molecule is CCCS(=O)(=O)N(CCCN1CCCC1=O)C(=O)CCCSc1nc2ccccc2s1. The summed E-state index contributed by atoms with van der Waals surface area (Å²) in [5.74, 6) is 0.421. The molecule has 1 aliphatic rings. The van der Waals surface area contributed by atoms with Crippen LogP contribution in [0.3, 0.4) is 0 Å². The third-order valence-corrected chi connectivity index (χ3v) is 9.32. The molecule has 1 saturated heterocycles. The number of rotatable bonds is 12. The maximum absolute atomic E-state index is 12.8. The van der Waals surface area contributed by atoms with Gasteiger partial charge in [-0.25, -0.2) is 17.7 Å². The number of thioether (sulfide) groups is 1. The lowest BCUT2D eigenvalue weighted by Crippen LogP contribution is -2.40. The van der Waals surface area contributed by atoms with Crippen molar-refractivity contribution in [2.45, 2.75) is 49.8 Å². The van der Waals surface area contributed by atoms with Gasteiger partial charge in [0.15, 0.2) is 4.34 Å². The molecule has 1 aromatic heterocycles. The molecule has 0 aliphatic carbocycles. The number of nitrogens with zero attached hydrogens (tertiary/aromatic N) is 3.